The van der Waals surface area contributed by atoms with Gasteiger partial charge in [-0.15, -0.1) is 0 Å². The molecule has 7 nitrogen and oxygen atoms in total. The van der Waals surface area contributed by atoms with Crippen LogP contribution in [0.25, 0.3) is 0 Å². The molecule has 7 heteroatoms. The molecule has 28 heavy (non-hydrogen) atoms. The van der Waals surface area contributed by atoms with Crippen LogP contribution in [0.15, 0.2) is 36.5 Å². The van der Waals surface area contributed by atoms with E-state index in [1.165, 1.54) is 0 Å². The molecular formula is C21H26N4O3. The molecule has 0 spiro atoms. The van der Waals surface area contributed by atoms with Crippen LogP contribution in [0.5, 0.6) is 5.75 Å². The topological polar surface area (TPSA) is 67.7 Å². The number of anilines is 1. The summed E-state index contributed by atoms with van der Waals surface area (Å²) in [7, 11) is 3.52. The molecule has 2 aromatic rings. The summed E-state index contributed by atoms with van der Waals surface area (Å²) >= 11 is 0. The van der Waals surface area contributed by atoms with E-state index >= 15 is 0 Å². The Morgan fingerprint density at radius 1 is 1.18 bits per heavy atom. The number of hydrogen-bond acceptors (Lipinski definition) is 4. The van der Waals surface area contributed by atoms with Crippen LogP contribution in [0.2, 0.25) is 0 Å². The van der Waals surface area contributed by atoms with Crippen molar-refractivity contribution in [1.29, 1.82) is 0 Å². The molecule has 2 unspecified atom stereocenters. The van der Waals surface area contributed by atoms with Gasteiger partial charge in [0.05, 0.1) is 18.7 Å². The van der Waals surface area contributed by atoms with Crippen molar-refractivity contribution in [2.24, 2.45) is 13.0 Å². The van der Waals surface area contributed by atoms with Crippen molar-refractivity contribution >= 4 is 17.5 Å². The third-order valence-electron chi connectivity index (χ3n) is 5.74. The Morgan fingerprint density at radius 2 is 1.96 bits per heavy atom. The van der Waals surface area contributed by atoms with Gasteiger partial charge in [0.2, 0.25) is 11.8 Å². The molecule has 1 aromatic carbocycles. The standard InChI is InChI=1S/C21H26N4O3/c1-23-11-9-19(22-23)15-4-3-10-24(13-15)21(27)16-12-20(26)25(14-16)17-5-7-18(28-2)8-6-17/h5-9,11,15-16H,3-4,10,12-14H2,1-2H3. The molecule has 0 saturated carbocycles. The number of piperidine rings is 1. The molecule has 2 fully saturated rings. The summed E-state index contributed by atoms with van der Waals surface area (Å²) < 4.78 is 6.98. The van der Waals surface area contributed by atoms with E-state index < -0.39 is 0 Å². The fourth-order valence-electron chi connectivity index (χ4n) is 4.21. The maximum absolute atomic E-state index is 13.1. The summed E-state index contributed by atoms with van der Waals surface area (Å²) in [5, 5.41) is 4.51. The van der Waals surface area contributed by atoms with Gasteiger partial charge in [0, 0.05) is 50.9 Å². The Morgan fingerprint density at radius 3 is 2.64 bits per heavy atom. The minimum Gasteiger partial charge on any atom is -0.497 e. The van der Waals surface area contributed by atoms with E-state index in [-0.39, 0.29) is 30.1 Å². The van der Waals surface area contributed by atoms with E-state index in [9.17, 15) is 9.59 Å². The number of nitrogens with zero attached hydrogens (tertiary/aromatic N) is 4. The second-order valence-electron chi connectivity index (χ2n) is 7.64. The summed E-state index contributed by atoms with van der Waals surface area (Å²) in [4.78, 5) is 29.3. The summed E-state index contributed by atoms with van der Waals surface area (Å²) in [6, 6.07) is 9.42. The van der Waals surface area contributed by atoms with E-state index in [0.29, 0.717) is 13.1 Å². The van der Waals surface area contributed by atoms with Gasteiger partial charge in [-0.2, -0.15) is 5.10 Å². The predicted octanol–water partition coefficient (Wildman–Crippen LogP) is 2.19. The highest BCUT2D eigenvalue weighted by Gasteiger charge is 2.38. The number of hydrogen-bond donors (Lipinski definition) is 0. The Hall–Kier alpha value is -2.83. The van der Waals surface area contributed by atoms with E-state index in [0.717, 1.165) is 36.5 Å². The SMILES string of the molecule is COc1ccc(N2CC(C(=O)N3CCCC(c4ccn(C)n4)C3)CC2=O)cc1. The van der Waals surface area contributed by atoms with Crippen LogP contribution in [-0.4, -0.2) is 53.2 Å². The molecule has 0 radical (unpaired) electrons. The van der Waals surface area contributed by atoms with Crippen LogP contribution in [0.3, 0.4) is 0 Å². The molecule has 148 valence electrons. The molecule has 2 atom stereocenters. The zero-order chi connectivity index (χ0) is 19.7. The van der Waals surface area contributed by atoms with Gasteiger partial charge in [-0.25, -0.2) is 0 Å². The average Bonchev–Trinajstić information content (AvgIpc) is 3.33. The normalized spacial score (nSPS) is 22.6. The van der Waals surface area contributed by atoms with Gasteiger partial charge in [-0.3, -0.25) is 14.3 Å². The molecule has 0 aliphatic carbocycles. The number of ether oxygens (including phenoxy) is 1. The van der Waals surface area contributed by atoms with Crippen LogP contribution in [0.1, 0.15) is 30.9 Å². The largest absolute Gasteiger partial charge is 0.497 e. The Labute approximate surface area is 164 Å². The summed E-state index contributed by atoms with van der Waals surface area (Å²) in [6.45, 7) is 1.88. The zero-order valence-electron chi connectivity index (χ0n) is 16.4. The summed E-state index contributed by atoms with van der Waals surface area (Å²) in [6.07, 6.45) is 4.23. The van der Waals surface area contributed by atoms with Crippen LogP contribution in [0, 0.1) is 5.92 Å². The lowest BCUT2D eigenvalue weighted by atomic mass is 9.93. The zero-order valence-corrected chi connectivity index (χ0v) is 16.4. The molecular weight excluding hydrogens is 356 g/mol. The highest BCUT2D eigenvalue weighted by molar-refractivity contribution is 6.00. The van der Waals surface area contributed by atoms with Gasteiger partial charge < -0.3 is 14.5 Å². The van der Waals surface area contributed by atoms with Crippen molar-refractivity contribution in [3.63, 3.8) is 0 Å². The van der Waals surface area contributed by atoms with Gasteiger partial charge in [0.15, 0.2) is 0 Å². The minimum atomic E-state index is -0.280. The first kappa shape index (κ1) is 18.5. The van der Waals surface area contributed by atoms with Gasteiger partial charge in [-0.1, -0.05) is 0 Å². The number of methoxy groups -OCH3 is 1. The quantitative estimate of drug-likeness (QED) is 0.813. The fourth-order valence-corrected chi connectivity index (χ4v) is 4.21. The molecule has 4 rings (SSSR count). The molecule has 2 saturated heterocycles. The van der Waals surface area contributed by atoms with Crippen molar-refractivity contribution in [3.05, 3.63) is 42.2 Å². The third kappa shape index (κ3) is 3.61. The molecule has 2 aliphatic rings. The van der Waals surface area contributed by atoms with E-state index in [1.807, 2.05) is 48.5 Å². The number of rotatable bonds is 4. The number of aryl methyl sites for hydroxylation is 1. The van der Waals surface area contributed by atoms with Crippen LogP contribution in [0.4, 0.5) is 5.69 Å². The lowest BCUT2D eigenvalue weighted by Crippen LogP contribution is -2.43. The molecule has 3 heterocycles. The predicted molar refractivity (Wildman–Crippen MR) is 105 cm³/mol. The van der Waals surface area contributed by atoms with Crippen molar-refractivity contribution < 1.29 is 14.3 Å². The lowest BCUT2D eigenvalue weighted by molar-refractivity contribution is -0.137. The third-order valence-corrected chi connectivity index (χ3v) is 5.74. The van der Waals surface area contributed by atoms with Crippen LogP contribution >= 0.6 is 0 Å². The highest BCUT2D eigenvalue weighted by atomic mass is 16.5. The van der Waals surface area contributed by atoms with E-state index in [1.54, 1.807) is 16.7 Å². The van der Waals surface area contributed by atoms with Gasteiger partial charge in [0.25, 0.3) is 0 Å². The number of carbonyl (C=O) groups excluding carboxylic acids is 2. The number of aromatic nitrogens is 2. The Balaban J connectivity index is 1.42. The number of likely N-dealkylation sites (tertiary alicyclic amines) is 1. The maximum Gasteiger partial charge on any atom is 0.228 e. The number of carbonyl (C=O) groups is 2. The number of benzene rings is 1. The van der Waals surface area contributed by atoms with E-state index in [4.69, 9.17) is 4.74 Å². The Bertz CT molecular complexity index is 861. The lowest BCUT2D eigenvalue weighted by Gasteiger charge is -2.33. The summed E-state index contributed by atoms with van der Waals surface area (Å²) in [5.41, 5.74) is 1.86. The first-order valence-electron chi connectivity index (χ1n) is 9.78. The highest BCUT2D eigenvalue weighted by Crippen LogP contribution is 2.31. The molecule has 0 bridgehead atoms. The first-order chi connectivity index (χ1) is 13.5. The van der Waals surface area contributed by atoms with E-state index in [2.05, 4.69) is 5.10 Å². The minimum absolute atomic E-state index is 0.00167. The second kappa shape index (κ2) is 7.66. The van der Waals surface area contributed by atoms with Crippen molar-refractivity contribution in [1.82, 2.24) is 14.7 Å². The monoisotopic (exact) mass is 382 g/mol. The molecule has 2 aliphatic heterocycles. The van der Waals surface area contributed by atoms with Gasteiger partial charge in [-0.05, 0) is 43.2 Å². The smallest absolute Gasteiger partial charge is 0.228 e. The summed E-state index contributed by atoms with van der Waals surface area (Å²) in [5.74, 6) is 0.828. The first-order valence-corrected chi connectivity index (χ1v) is 9.78. The average molecular weight is 382 g/mol. The molecule has 1 aromatic heterocycles. The second-order valence-corrected chi connectivity index (χ2v) is 7.64. The number of amides is 2. The van der Waals surface area contributed by atoms with Crippen molar-refractivity contribution in [2.45, 2.75) is 25.2 Å². The van der Waals surface area contributed by atoms with Crippen LogP contribution in [-0.2, 0) is 16.6 Å². The molecule has 0 N–H and O–H groups in total. The molecule has 2 amide bonds. The Kier molecular flexibility index (Phi) is 5.07. The van der Waals surface area contributed by atoms with Crippen LogP contribution < -0.4 is 9.64 Å². The van der Waals surface area contributed by atoms with Gasteiger partial charge >= 0.3 is 0 Å². The maximum atomic E-state index is 13.1. The fraction of sp³-hybridized carbons (Fsp3) is 0.476. The van der Waals surface area contributed by atoms with Crippen molar-refractivity contribution in [2.75, 3.05) is 31.6 Å². The van der Waals surface area contributed by atoms with Gasteiger partial charge in [0.1, 0.15) is 5.75 Å². The van der Waals surface area contributed by atoms with Crippen molar-refractivity contribution in [3.8, 4) is 5.75 Å².